The molecule has 0 amide bonds. The van der Waals surface area contributed by atoms with Gasteiger partial charge in [-0.05, 0) is 64.1 Å². The molecule has 0 fully saturated rings. The number of aldehydes is 1. The van der Waals surface area contributed by atoms with Crippen LogP contribution in [-0.2, 0) is 6.42 Å². The third kappa shape index (κ3) is 5.22. The normalized spacial score (nSPS) is 11.2. The Morgan fingerprint density at radius 3 is 2.15 bits per heavy atom. The molecular formula is C30H27F3O. The lowest BCUT2D eigenvalue weighted by molar-refractivity contribution is 0.112. The summed E-state index contributed by atoms with van der Waals surface area (Å²) in [6, 6.07) is 17.3. The van der Waals surface area contributed by atoms with Crippen LogP contribution in [0.1, 0.15) is 54.9 Å². The van der Waals surface area contributed by atoms with Crippen molar-refractivity contribution >= 4 is 17.1 Å². The van der Waals surface area contributed by atoms with E-state index < -0.39 is 17.5 Å². The average molecular weight is 461 g/mol. The van der Waals surface area contributed by atoms with Crippen LogP contribution in [0.3, 0.4) is 0 Å². The van der Waals surface area contributed by atoms with E-state index in [1.807, 2.05) is 18.2 Å². The smallest absolute Gasteiger partial charge is 0.151 e. The zero-order chi connectivity index (χ0) is 24.1. The maximum Gasteiger partial charge on any atom is 0.151 e. The summed E-state index contributed by atoms with van der Waals surface area (Å²) in [6.45, 7) is 2.20. The molecule has 0 saturated carbocycles. The van der Waals surface area contributed by atoms with Crippen molar-refractivity contribution in [1.82, 2.24) is 0 Å². The highest BCUT2D eigenvalue weighted by atomic mass is 19.1. The lowest BCUT2D eigenvalue weighted by Crippen LogP contribution is -1.94. The topological polar surface area (TPSA) is 17.1 Å². The van der Waals surface area contributed by atoms with Crippen molar-refractivity contribution in [3.8, 4) is 22.3 Å². The summed E-state index contributed by atoms with van der Waals surface area (Å²) < 4.78 is 42.1. The summed E-state index contributed by atoms with van der Waals surface area (Å²) in [5, 5.41) is 1.79. The Labute approximate surface area is 198 Å². The van der Waals surface area contributed by atoms with E-state index in [4.69, 9.17) is 0 Å². The SMILES string of the molecule is CCCCCCCc1ccc2c(C=O)c(-c3ccc(-c4cc(F)cc(F)c4)c(F)c3)ccc2c1. The fourth-order valence-corrected chi connectivity index (χ4v) is 4.50. The van der Waals surface area contributed by atoms with Crippen LogP contribution in [-0.4, -0.2) is 6.29 Å². The Bertz CT molecular complexity index is 1310. The van der Waals surface area contributed by atoms with Crippen LogP contribution in [0.25, 0.3) is 33.0 Å². The Kier molecular flexibility index (Phi) is 7.46. The van der Waals surface area contributed by atoms with Crippen LogP contribution >= 0.6 is 0 Å². The second kappa shape index (κ2) is 10.7. The standard InChI is InChI=1S/C30H27F3O/c1-2-3-4-5-6-7-20-8-11-26-21(14-20)9-12-27(29(26)19-34)22-10-13-28(30(33)17-22)23-15-24(31)18-25(32)16-23/h8-19H,2-7H2,1H3. The number of aryl methyl sites for hydroxylation is 1. The number of hydrogen-bond donors (Lipinski definition) is 0. The van der Waals surface area contributed by atoms with Gasteiger partial charge >= 0.3 is 0 Å². The monoisotopic (exact) mass is 460 g/mol. The first kappa shape index (κ1) is 23.7. The maximum atomic E-state index is 15.0. The molecule has 34 heavy (non-hydrogen) atoms. The Morgan fingerprint density at radius 1 is 0.706 bits per heavy atom. The molecule has 0 heterocycles. The molecule has 4 aromatic carbocycles. The van der Waals surface area contributed by atoms with Gasteiger partial charge in [0.1, 0.15) is 17.5 Å². The van der Waals surface area contributed by atoms with Gasteiger partial charge in [-0.15, -0.1) is 0 Å². The molecule has 0 spiro atoms. The van der Waals surface area contributed by atoms with Crippen molar-refractivity contribution in [3.63, 3.8) is 0 Å². The highest BCUT2D eigenvalue weighted by Crippen LogP contribution is 2.33. The quantitative estimate of drug-likeness (QED) is 0.180. The van der Waals surface area contributed by atoms with Crippen LogP contribution in [0.15, 0.2) is 66.7 Å². The molecule has 1 nitrogen and oxygen atoms in total. The van der Waals surface area contributed by atoms with Crippen molar-refractivity contribution in [2.75, 3.05) is 0 Å². The summed E-state index contributed by atoms with van der Waals surface area (Å²) in [5.74, 6) is -2.15. The molecule has 0 bridgehead atoms. The molecule has 4 rings (SSSR count). The van der Waals surface area contributed by atoms with Crippen LogP contribution in [0, 0.1) is 17.5 Å². The number of carbonyl (C=O) groups is 1. The molecule has 0 N–H and O–H groups in total. The third-order valence-electron chi connectivity index (χ3n) is 6.27. The first-order chi connectivity index (χ1) is 16.5. The van der Waals surface area contributed by atoms with E-state index in [1.54, 1.807) is 6.07 Å². The summed E-state index contributed by atoms with van der Waals surface area (Å²) in [6.07, 6.45) is 7.92. The van der Waals surface area contributed by atoms with Gasteiger partial charge < -0.3 is 0 Å². The summed E-state index contributed by atoms with van der Waals surface area (Å²) in [4.78, 5) is 12.0. The molecule has 0 radical (unpaired) electrons. The molecule has 0 aliphatic heterocycles. The summed E-state index contributed by atoms with van der Waals surface area (Å²) >= 11 is 0. The van der Waals surface area contributed by atoms with E-state index in [1.165, 1.54) is 43.4 Å². The van der Waals surface area contributed by atoms with Crippen molar-refractivity contribution in [2.45, 2.75) is 45.4 Å². The van der Waals surface area contributed by atoms with Gasteiger partial charge in [0.25, 0.3) is 0 Å². The molecule has 0 unspecified atom stereocenters. The van der Waals surface area contributed by atoms with Crippen LogP contribution in [0.2, 0.25) is 0 Å². The van der Waals surface area contributed by atoms with Gasteiger partial charge in [-0.1, -0.05) is 75.1 Å². The zero-order valence-corrected chi connectivity index (χ0v) is 19.2. The molecule has 0 aliphatic rings. The Hall–Kier alpha value is -3.40. The highest BCUT2D eigenvalue weighted by Gasteiger charge is 2.14. The fourth-order valence-electron chi connectivity index (χ4n) is 4.50. The number of unbranched alkanes of at least 4 members (excludes halogenated alkanes) is 4. The van der Waals surface area contributed by atoms with Gasteiger partial charge in [0.15, 0.2) is 6.29 Å². The van der Waals surface area contributed by atoms with Gasteiger partial charge in [0, 0.05) is 17.2 Å². The number of halogens is 3. The van der Waals surface area contributed by atoms with Gasteiger partial charge in [-0.3, -0.25) is 4.79 Å². The molecule has 0 aromatic heterocycles. The van der Waals surface area contributed by atoms with Gasteiger partial charge in [-0.2, -0.15) is 0 Å². The van der Waals surface area contributed by atoms with Crippen LogP contribution in [0.4, 0.5) is 13.2 Å². The number of carbonyl (C=O) groups excluding carboxylic acids is 1. The number of fused-ring (bicyclic) bond motifs is 1. The van der Waals surface area contributed by atoms with E-state index in [0.717, 1.165) is 48.1 Å². The number of hydrogen-bond acceptors (Lipinski definition) is 1. The van der Waals surface area contributed by atoms with Gasteiger partial charge in [-0.25, -0.2) is 13.2 Å². The first-order valence-electron chi connectivity index (χ1n) is 11.8. The van der Waals surface area contributed by atoms with Gasteiger partial charge in [0.2, 0.25) is 0 Å². The van der Waals surface area contributed by atoms with Crippen molar-refractivity contribution in [1.29, 1.82) is 0 Å². The Balaban J connectivity index is 1.64. The largest absolute Gasteiger partial charge is 0.298 e. The Morgan fingerprint density at radius 2 is 1.44 bits per heavy atom. The van der Waals surface area contributed by atoms with Crippen LogP contribution < -0.4 is 0 Å². The molecule has 0 atom stereocenters. The van der Waals surface area contributed by atoms with Crippen molar-refractivity contribution in [2.24, 2.45) is 0 Å². The summed E-state index contributed by atoms with van der Waals surface area (Å²) in [5.41, 5.74) is 3.10. The zero-order valence-electron chi connectivity index (χ0n) is 19.2. The van der Waals surface area contributed by atoms with E-state index in [0.29, 0.717) is 16.7 Å². The van der Waals surface area contributed by atoms with Crippen molar-refractivity contribution in [3.05, 3.63) is 95.3 Å². The average Bonchev–Trinajstić information content (AvgIpc) is 2.82. The second-order valence-electron chi connectivity index (χ2n) is 8.72. The first-order valence-corrected chi connectivity index (χ1v) is 11.8. The molecule has 0 saturated heterocycles. The van der Waals surface area contributed by atoms with E-state index in [9.17, 15) is 18.0 Å². The maximum absolute atomic E-state index is 15.0. The minimum absolute atomic E-state index is 0.0965. The molecule has 174 valence electrons. The molecular weight excluding hydrogens is 433 g/mol. The van der Waals surface area contributed by atoms with Crippen LogP contribution in [0.5, 0.6) is 0 Å². The van der Waals surface area contributed by atoms with E-state index in [-0.39, 0.29) is 11.1 Å². The minimum Gasteiger partial charge on any atom is -0.298 e. The van der Waals surface area contributed by atoms with E-state index in [2.05, 4.69) is 19.1 Å². The number of rotatable bonds is 9. The number of benzene rings is 4. The molecule has 4 aromatic rings. The summed E-state index contributed by atoms with van der Waals surface area (Å²) in [7, 11) is 0. The predicted octanol–water partition coefficient (Wildman–Crippen LogP) is 8.92. The molecule has 0 aliphatic carbocycles. The minimum atomic E-state index is -0.767. The molecule has 4 heteroatoms. The van der Waals surface area contributed by atoms with E-state index >= 15 is 0 Å². The fraction of sp³-hybridized carbons (Fsp3) is 0.233. The van der Waals surface area contributed by atoms with Gasteiger partial charge in [0.05, 0.1) is 0 Å². The second-order valence-corrected chi connectivity index (χ2v) is 8.72. The highest BCUT2D eigenvalue weighted by molar-refractivity contribution is 6.04. The van der Waals surface area contributed by atoms with Crippen molar-refractivity contribution < 1.29 is 18.0 Å². The third-order valence-corrected chi connectivity index (χ3v) is 6.27. The predicted molar refractivity (Wildman–Crippen MR) is 133 cm³/mol. The lowest BCUT2D eigenvalue weighted by atomic mass is 9.92. The lowest BCUT2D eigenvalue weighted by Gasteiger charge is -2.12.